The quantitative estimate of drug-likeness (QED) is 0.776. The zero-order chi connectivity index (χ0) is 16.7. The molecule has 0 radical (unpaired) electrons. The molecule has 0 bridgehead atoms. The molecular weight excluding hydrogens is 306 g/mol. The molecule has 8 nitrogen and oxygen atoms in total. The summed E-state index contributed by atoms with van der Waals surface area (Å²) < 4.78 is 1.84. The Morgan fingerprint density at radius 3 is 2.92 bits per heavy atom. The van der Waals surface area contributed by atoms with E-state index in [0.717, 1.165) is 43.1 Å². The molecule has 1 aliphatic rings. The Morgan fingerprint density at radius 1 is 1.25 bits per heavy atom. The Labute approximate surface area is 138 Å². The zero-order valence-electron chi connectivity index (χ0n) is 13.7. The van der Waals surface area contributed by atoms with Crippen molar-refractivity contribution in [3.05, 3.63) is 41.4 Å². The van der Waals surface area contributed by atoms with Gasteiger partial charge in [0.2, 0.25) is 0 Å². The number of rotatable bonds is 2. The van der Waals surface area contributed by atoms with Crippen LogP contribution in [-0.2, 0) is 0 Å². The number of H-pyrrole nitrogens is 1. The first-order valence-electron chi connectivity index (χ1n) is 8.15. The van der Waals surface area contributed by atoms with E-state index < -0.39 is 0 Å². The summed E-state index contributed by atoms with van der Waals surface area (Å²) in [7, 11) is 0. The van der Waals surface area contributed by atoms with Crippen LogP contribution in [0.2, 0.25) is 0 Å². The van der Waals surface area contributed by atoms with Gasteiger partial charge < -0.3 is 4.90 Å². The molecule has 1 aliphatic heterocycles. The third kappa shape index (κ3) is 2.44. The average Bonchev–Trinajstić information content (AvgIpc) is 3.20. The number of hydrogen-bond donors (Lipinski definition) is 1. The molecule has 1 amide bonds. The number of pyridine rings is 1. The van der Waals surface area contributed by atoms with Crippen molar-refractivity contribution >= 4 is 11.6 Å². The van der Waals surface area contributed by atoms with Crippen LogP contribution in [0.4, 0.5) is 0 Å². The van der Waals surface area contributed by atoms with E-state index in [1.54, 1.807) is 6.07 Å². The zero-order valence-corrected chi connectivity index (χ0v) is 13.7. The summed E-state index contributed by atoms with van der Waals surface area (Å²) in [4.78, 5) is 19.4. The van der Waals surface area contributed by atoms with E-state index >= 15 is 0 Å². The normalized spacial score (nSPS) is 18.2. The smallest absolute Gasteiger partial charge is 0.255 e. The molecule has 0 unspecified atom stereocenters. The number of aromatic nitrogens is 6. The van der Waals surface area contributed by atoms with Gasteiger partial charge in [-0.2, -0.15) is 5.10 Å². The fraction of sp³-hybridized carbons (Fsp3) is 0.438. The summed E-state index contributed by atoms with van der Waals surface area (Å²) in [5.41, 5.74) is 1.37. The molecule has 3 aromatic rings. The lowest BCUT2D eigenvalue weighted by Crippen LogP contribution is -2.39. The monoisotopic (exact) mass is 325 g/mol. The summed E-state index contributed by atoms with van der Waals surface area (Å²) in [6, 6.07) is 3.55. The van der Waals surface area contributed by atoms with Crippen LogP contribution in [-0.4, -0.2) is 47.1 Å². The van der Waals surface area contributed by atoms with Gasteiger partial charge in [-0.05, 0) is 45.2 Å². The minimum absolute atomic E-state index is 0.00264. The maximum atomic E-state index is 13.1. The molecule has 4 heterocycles. The lowest BCUT2D eigenvalue weighted by molar-refractivity contribution is 0.0600. The number of amides is 1. The lowest BCUT2D eigenvalue weighted by Gasteiger charge is -2.34. The second-order valence-corrected chi connectivity index (χ2v) is 6.18. The molecule has 1 fully saturated rings. The summed E-state index contributed by atoms with van der Waals surface area (Å²) in [5.74, 6) is 2.23. The summed E-state index contributed by atoms with van der Waals surface area (Å²) in [6.45, 7) is 4.46. The van der Waals surface area contributed by atoms with Crippen LogP contribution in [0.1, 0.15) is 53.1 Å². The number of piperidine rings is 1. The van der Waals surface area contributed by atoms with Gasteiger partial charge in [-0.25, -0.2) is 4.98 Å². The predicted molar refractivity (Wildman–Crippen MR) is 86.5 cm³/mol. The Balaban J connectivity index is 1.68. The molecular formula is C16H19N7O. The highest BCUT2D eigenvalue weighted by Crippen LogP contribution is 2.30. The number of aryl methyl sites for hydroxylation is 2. The molecule has 0 saturated carbocycles. The summed E-state index contributed by atoms with van der Waals surface area (Å²) in [6.07, 6.45) is 4.77. The van der Waals surface area contributed by atoms with Crippen molar-refractivity contribution in [1.29, 1.82) is 0 Å². The number of aromatic amines is 1. The number of nitrogens with one attached hydrogen (secondary N) is 1. The number of carbonyl (C=O) groups excluding carboxylic acids is 1. The van der Waals surface area contributed by atoms with Gasteiger partial charge in [-0.15, -0.1) is 10.2 Å². The maximum absolute atomic E-state index is 13.1. The third-order valence-electron chi connectivity index (χ3n) is 4.50. The van der Waals surface area contributed by atoms with Gasteiger partial charge in [-0.3, -0.25) is 14.3 Å². The number of fused-ring (bicyclic) bond motifs is 1. The van der Waals surface area contributed by atoms with Crippen LogP contribution >= 0.6 is 0 Å². The predicted octanol–water partition coefficient (Wildman–Crippen LogP) is 1.83. The Hall–Kier alpha value is -2.77. The molecule has 1 atom stereocenters. The fourth-order valence-electron chi connectivity index (χ4n) is 3.25. The second-order valence-electron chi connectivity index (χ2n) is 6.18. The van der Waals surface area contributed by atoms with Crippen LogP contribution < -0.4 is 0 Å². The van der Waals surface area contributed by atoms with Crippen molar-refractivity contribution < 1.29 is 4.79 Å². The highest BCUT2D eigenvalue weighted by Gasteiger charge is 2.31. The Kier molecular flexibility index (Phi) is 3.51. The van der Waals surface area contributed by atoms with Gasteiger partial charge in [0.25, 0.3) is 5.91 Å². The summed E-state index contributed by atoms with van der Waals surface area (Å²) >= 11 is 0. The van der Waals surface area contributed by atoms with Crippen LogP contribution in [0.15, 0.2) is 18.3 Å². The second kappa shape index (κ2) is 5.70. The standard InChI is InChI=1S/C16H19N7O/c1-10-17-15(21-18-10)13-5-3-4-8-22(13)16(24)12-6-7-14-20-19-11(2)23(14)9-12/h6-7,9,13H,3-5,8H2,1-2H3,(H,17,18,21)/t13-/m1/s1. The molecule has 0 spiro atoms. The van der Waals surface area contributed by atoms with Gasteiger partial charge in [0.15, 0.2) is 11.5 Å². The van der Waals surface area contributed by atoms with E-state index in [1.807, 2.05) is 35.4 Å². The largest absolute Gasteiger partial charge is 0.328 e. The van der Waals surface area contributed by atoms with Crippen molar-refractivity contribution in [1.82, 2.24) is 34.7 Å². The molecule has 124 valence electrons. The SMILES string of the molecule is Cc1nc([C@H]2CCCCN2C(=O)c2ccc3nnc(C)n3c2)n[nH]1. The van der Waals surface area contributed by atoms with E-state index in [9.17, 15) is 4.79 Å². The molecule has 1 saturated heterocycles. The first-order valence-corrected chi connectivity index (χ1v) is 8.15. The van der Waals surface area contributed by atoms with Gasteiger partial charge in [0.05, 0.1) is 11.6 Å². The molecule has 24 heavy (non-hydrogen) atoms. The maximum Gasteiger partial charge on any atom is 0.255 e. The van der Waals surface area contributed by atoms with E-state index in [4.69, 9.17) is 0 Å². The topological polar surface area (TPSA) is 92.1 Å². The molecule has 0 aromatic carbocycles. The highest BCUT2D eigenvalue weighted by molar-refractivity contribution is 5.94. The third-order valence-corrected chi connectivity index (χ3v) is 4.50. The van der Waals surface area contributed by atoms with Crippen LogP contribution in [0, 0.1) is 13.8 Å². The Morgan fingerprint density at radius 2 is 2.12 bits per heavy atom. The highest BCUT2D eigenvalue weighted by atomic mass is 16.2. The molecule has 3 aromatic heterocycles. The van der Waals surface area contributed by atoms with E-state index in [2.05, 4.69) is 25.4 Å². The lowest BCUT2D eigenvalue weighted by atomic mass is 10.0. The Bertz CT molecular complexity index is 897. The van der Waals surface area contributed by atoms with Crippen molar-refractivity contribution in [3.8, 4) is 0 Å². The van der Waals surface area contributed by atoms with Crippen LogP contribution in [0.3, 0.4) is 0 Å². The van der Waals surface area contributed by atoms with Crippen molar-refractivity contribution in [3.63, 3.8) is 0 Å². The number of carbonyl (C=O) groups is 1. The van der Waals surface area contributed by atoms with E-state index in [0.29, 0.717) is 11.4 Å². The molecule has 4 rings (SSSR count). The molecule has 1 N–H and O–H groups in total. The van der Waals surface area contributed by atoms with Crippen molar-refractivity contribution in [2.24, 2.45) is 0 Å². The van der Waals surface area contributed by atoms with Gasteiger partial charge >= 0.3 is 0 Å². The first kappa shape index (κ1) is 14.8. The minimum atomic E-state index is -0.0751. The van der Waals surface area contributed by atoms with E-state index in [1.165, 1.54) is 0 Å². The van der Waals surface area contributed by atoms with Gasteiger partial charge in [0, 0.05) is 12.7 Å². The van der Waals surface area contributed by atoms with Gasteiger partial charge in [0.1, 0.15) is 11.6 Å². The van der Waals surface area contributed by atoms with Gasteiger partial charge in [-0.1, -0.05) is 0 Å². The molecule has 0 aliphatic carbocycles. The van der Waals surface area contributed by atoms with Crippen molar-refractivity contribution in [2.75, 3.05) is 6.54 Å². The number of hydrogen-bond acceptors (Lipinski definition) is 5. The van der Waals surface area contributed by atoms with Crippen molar-refractivity contribution in [2.45, 2.75) is 39.2 Å². The van der Waals surface area contributed by atoms with E-state index in [-0.39, 0.29) is 11.9 Å². The molecule has 8 heteroatoms. The summed E-state index contributed by atoms with van der Waals surface area (Å²) in [5, 5.41) is 15.2. The number of likely N-dealkylation sites (tertiary alicyclic amines) is 1. The fourth-order valence-corrected chi connectivity index (χ4v) is 3.25. The van der Waals surface area contributed by atoms with Crippen LogP contribution in [0.5, 0.6) is 0 Å². The average molecular weight is 325 g/mol. The van der Waals surface area contributed by atoms with Crippen LogP contribution in [0.25, 0.3) is 5.65 Å². The first-order chi connectivity index (χ1) is 11.6. The minimum Gasteiger partial charge on any atom is -0.328 e. The number of nitrogens with zero attached hydrogens (tertiary/aromatic N) is 6.